The van der Waals surface area contributed by atoms with Gasteiger partial charge in [0.1, 0.15) is 11.6 Å². The summed E-state index contributed by atoms with van der Waals surface area (Å²) >= 11 is 0. The number of Topliss-reactive ketones (excluding diaryl/α,β-unsaturated/α-hetero) is 1. The summed E-state index contributed by atoms with van der Waals surface area (Å²) in [6.45, 7) is 9.72. The lowest BCUT2D eigenvalue weighted by atomic mass is 9.82. The molecule has 0 bridgehead atoms. The average molecular weight is 512 g/mol. The number of piperidine rings is 2. The molecule has 1 aromatic carbocycles. The normalized spacial score (nSPS) is 17.8. The number of benzene rings is 1. The van der Waals surface area contributed by atoms with Crippen LogP contribution in [0, 0.1) is 37.0 Å². The number of aryl methyl sites for hydroxylation is 1. The van der Waals surface area contributed by atoms with Crippen LogP contribution in [0.1, 0.15) is 61.0 Å². The first-order valence-corrected chi connectivity index (χ1v) is 13.8. The van der Waals surface area contributed by atoms with E-state index in [4.69, 9.17) is 4.98 Å². The summed E-state index contributed by atoms with van der Waals surface area (Å²) in [5.74, 6) is 2.51. The second kappa shape index (κ2) is 11.4. The number of pyridine rings is 1. The lowest BCUT2D eigenvalue weighted by Gasteiger charge is -2.34. The summed E-state index contributed by atoms with van der Waals surface area (Å²) in [7, 11) is 0. The van der Waals surface area contributed by atoms with Crippen molar-refractivity contribution >= 4 is 28.2 Å². The lowest BCUT2D eigenvalue weighted by molar-refractivity contribution is -0.128. The molecular formula is C30H37N7O. The predicted octanol–water partition coefficient (Wildman–Crippen LogP) is 4.67. The molecule has 2 N–H and O–H groups in total. The van der Waals surface area contributed by atoms with Crippen molar-refractivity contribution in [3.63, 3.8) is 0 Å². The summed E-state index contributed by atoms with van der Waals surface area (Å²) in [5.41, 5.74) is 4.16. The Morgan fingerprint density at radius 3 is 2.61 bits per heavy atom. The number of ketones is 1. The van der Waals surface area contributed by atoms with Gasteiger partial charge in [0.05, 0.1) is 24.2 Å². The molecule has 2 saturated heterocycles. The molecular weight excluding hydrogens is 474 g/mol. The number of nitriles is 1. The van der Waals surface area contributed by atoms with Crippen LogP contribution in [0.15, 0.2) is 30.5 Å². The molecule has 198 valence electrons. The van der Waals surface area contributed by atoms with Gasteiger partial charge in [-0.15, -0.1) is 5.10 Å². The molecule has 5 rings (SSSR count). The fourth-order valence-electron chi connectivity index (χ4n) is 6.01. The number of hydrogen-bond donors (Lipinski definition) is 2. The lowest BCUT2D eigenvalue weighted by Crippen LogP contribution is -2.40. The maximum atomic E-state index is 13.1. The van der Waals surface area contributed by atoms with Crippen LogP contribution >= 0.6 is 0 Å². The summed E-state index contributed by atoms with van der Waals surface area (Å²) in [5, 5.41) is 27.0. The molecule has 0 radical (unpaired) electrons. The van der Waals surface area contributed by atoms with Gasteiger partial charge in [-0.1, -0.05) is 18.2 Å². The van der Waals surface area contributed by atoms with Crippen LogP contribution in [0.25, 0.3) is 10.8 Å². The van der Waals surface area contributed by atoms with Crippen LogP contribution in [0.4, 0.5) is 11.6 Å². The van der Waals surface area contributed by atoms with Gasteiger partial charge in [-0.3, -0.25) is 4.79 Å². The standard InChI is InChI=1S/C30H37N7O/c1-19-22(7-12-31)5-4-6-25(19)20(2)34-30-26-17-28(33-18-27(26)21(3)35-36-30)37-15-10-24(11-16-37)29(38)23-8-13-32-14-9-23/h4-6,17-18,20,23-24,32H,7-11,13-16H2,1-3H3,(H,34,36)/t20-/m1/s1. The van der Waals surface area contributed by atoms with E-state index < -0.39 is 0 Å². The number of aromatic nitrogens is 3. The van der Waals surface area contributed by atoms with Gasteiger partial charge >= 0.3 is 0 Å². The van der Waals surface area contributed by atoms with Crippen LogP contribution < -0.4 is 15.5 Å². The second-order valence-electron chi connectivity index (χ2n) is 10.7. The molecule has 0 spiro atoms. The average Bonchev–Trinajstić information content (AvgIpc) is 2.95. The highest BCUT2D eigenvalue weighted by atomic mass is 16.1. The number of nitrogens with zero attached hydrogens (tertiary/aromatic N) is 5. The zero-order valence-corrected chi connectivity index (χ0v) is 22.6. The summed E-state index contributed by atoms with van der Waals surface area (Å²) in [6.07, 6.45) is 6.02. The van der Waals surface area contributed by atoms with E-state index in [1.165, 1.54) is 0 Å². The molecule has 8 heteroatoms. The number of carbonyl (C=O) groups is 1. The number of anilines is 2. The largest absolute Gasteiger partial charge is 0.362 e. The van der Waals surface area contributed by atoms with Gasteiger partial charge in [0.25, 0.3) is 0 Å². The van der Waals surface area contributed by atoms with Crippen LogP contribution in [0.3, 0.4) is 0 Å². The fourth-order valence-corrected chi connectivity index (χ4v) is 6.01. The van der Waals surface area contributed by atoms with E-state index in [1.54, 1.807) is 0 Å². The molecule has 2 aliphatic heterocycles. The molecule has 0 saturated carbocycles. The highest BCUT2D eigenvalue weighted by molar-refractivity contribution is 5.94. The topological polar surface area (TPSA) is 107 Å². The van der Waals surface area contributed by atoms with Gasteiger partial charge in [0.2, 0.25) is 0 Å². The third kappa shape index (κ3) is 5.34. The fraction of sp³-hybridized carbons (Fsp3) is 0.500. The molecule has 38 heavy (non-hydrogen) atoms. The van der Waals surface area contributed by atoms with Crippen molar-refractivity contribution in [2.24, 2.45) is 11.8 Å². The van der Waals surface area contributed by atoms with Gasteiger partial charge in [0, 0.05) is 41.9 Å². The minimum absolute atomic E-state index is 0.0118. The van der Waals surface area contributed by atoms with Gasteiger partial charge in [-0.25, -0.2) is 4.98 Å². The smallest absolute Gasteiger partial charge is 0.157 e. The van der Waals surface area contributed by atoms with E-state index in [-0.39, 0.29) is 17.9 Å². The first kappa shape index (κ1) is 26.1. The molecule has 0 unspecified atom stereocenters. The summed E-state index contributed by atoms with van der Waals surface area (Å²) in [6, 6.07) is 10.5. The molecule has 4 heterocycles. The first-order valence-electron chi connectivity index (χ1n) is 13.8. The number of nitrogens with one attached hydrogen (secondary N) is 2. The Bertz CT molecular complexity index is 1350. The van der Waals surface area contributed by atoms with E-state index in [2.05, 4.69) is 57.8 Å². The SMILES string of the molecule is Cc1c(CC#N)cccc1[C@@H](C)Nc1nnc(C)c2cnc(N3CCC(C(=O)C4CCNCC4)CC3)cc12. The van der Waals surface area contributed by atoms with E-state index >= 15 is 0 Å². The Kier molecular flexibility index (Phi) is 7.85. The third-order valence-electron chi connectivity index (χ3n) is 8.37. The Morgan fingerprint density at radius 1 is 1.13 bits per heavy atom. The predicted molar refractivity (Wildman–Crippen MR) is 150 cm³/mol. The zero-order valence-electron chi connectivity index (χ0n) is 22.6. The molecule has 0 aliphatic carbocycles. The van der Waals surface area contributed by atoms with Crippen molar-refractivity contribution in [1.29, 1.82) is 5.26 Å². The van der Waals surface area contributed by atoms with Crippen LogP contribution in [0.5, 0.6) is 0 Å². The summed E-state index contributed by atoms with van der Waals surface area (Å²) in [4.78, 5) is 20.1. The molecule has 8 nitrogen and oxygen atoms in total. The number of hydrogen-bond acceptors (Lipinski definition) is 8. The molecule has 1 atom stereocenters. The number of rotatable bonds is 7. The van der Waals surface area contributed by atoms with Crippen molar-refractivity contribution in [2.45, 2.75) is 58.9 Å². The molecule has 0 amide bonds. The van der Waals surface area contributed by atoms with Crippen LogP contribution in [0.2, 0.25) is 0 Å². The number of carbonyl (C=O) groups excluding carboxylic acids is 1. The van der Waals surface area contributed by atoms with Crippen molar-refractivity contribution in [1.82, 2.24) is 20.5 Å². The van der Waals surface area contributed by atoms with Crippen molar-refractivity contribution in [3.8, 4) is 6.07 Å². The minimum Gasteiger partial charge on any atom is -0.362 e. The highest BCUT2D eigenvalue weighted by Crippen LogP contribution is 2.32. The van der Waals surface area contributed by atoms with E-state index in [9.17, 15) is 10.1 Å². The number of fused-ring (bicyclic) bond motifs is 1. The van der Waals surface area contributed by atoms with E-state index in [1.807, 2.05) is 25.3 Å². The molecule has 2 aromatic heterocycles. The zero-order chi connectivity index (χ0) is 26.6. The van der Waals surface area contributed by atoms with Gasteiger partial charge in [-0.2, -0.15) is 10.4 Å². The van der Waals surface area contributed by atoms with Gasteiger partial charge in [-0.05, 0) is 82.3 Å². The Morgan fingerprint density at radius 2 is 1.87 bits per heavy atom. The Hall–Kier alpha value is -3.57. The second-order valence-corrected chi connectivity index (χ2v) is 10.7. The van der Waals surface area contributed by atoms with E-state index in [0.717, 1.165) is 96.7 Å². The molecule has 2 fully saturated rings. The molecule has 3 aromatic rings. The minimum atomic E-state index is -0.0118. The van der Waals surface area contributed by atoms with Crippen LogP contribution in [-0.4, -0.2) is 47.1 Å². The van der Waals surface area contributed by atoms with Crippen molar-refractivity contribution in [3.05, 3.63) is 52.8 Å². The van der Waals surface area contributed by atoms with Gasteiger partial charge < -0.3 is 15.5 Å². The van der Waals surface area contributed by atoms with Crippen molar-refractivity contribution in [2.75, 3.05) is 36.4 Å². The van der Waals surface area contributed by atoms with Gasteiger partial charge in [0.15, 0.2) is 5.82 Å². The monoisotopic (exact) mass is 511 g/mol. The molecule has 2 aliphatic rings. The first-order chi connectivity index (χ1) is 18.5. The van der Waals surface area contributed by atoms with Crippen LogP contribution in [-0.2, 0) is 11.2 Å². The van der Waals surface area contributed by atoms with Crippen molar-refractivity contribution < 1.29 is 4.79 Å². The third-order valence-corrected chi connectivity index (χ3v) is 8.37. The Labute approximate surface area is 224 Å². The highest BCUT2D eigenvalue weighted by Gasteiger charge is 2.31. The maximum absolute atomic E-state index is 13.1. The maximum Gasteiger partial charge on any atom is 0.157 e. The summed E-state index contributed by atoms with van der Waals surface area (Å²) < 4.78 is 0. The quantitative estimate of drug-likeness (QED) is 0.471. The van der Waals surface area contributed by atoms with E-state index in [0.29, 0.717) is 12.2 Å². The Balaban J connectivity index is 1.34.